The minimum Gasteiger partial charge on any atom is -0.497 e. The number of methoxy groups -OCH3 is 1. The van der Waals surface area contributed by atoms with Crippen LogP contribution in [-0.2, 0) is 6.54 Å². The molecule has 0 spiro atoms. The highest BCUT2D eigenvalue weighted by Crippen LogP contribution is 2.31. The van der Waals surface area contributed by atoms with Gasteiger partial charge in [-0.25, -0.2) is 0 Å². The molecule has 1 aliphatic carbocycles. The number of furan rings is 1. The van der Waals surface area contributed by atoms with E-state index in [9.17, 15) is 0 Å². The molecule has 0 bridgehead atoms. The Balaban J connectivity index is 1.89. The van der Waals surface area contributed by atoms with E-state index >= 15 is 0 Å². The van der Waals surface area contributed by atoms with Crippen LogP contribution in [0.15, 0.2) is 59.2 Å². The topological polar surface area (TPSA) is 37.6 Å². The molecule has 2 aromatic rings. The third kappa shape index (κ3) is 4.88. The Morgan fingerprint density at radius 2 is 2.08 bits per heavy atom. The van der Waals surface area contributed by atoms with Crippen LogP contribution in [0.1, 0.15) is 43.6 Å². The van der Waals surface area contributed by atoms with Crippen molar-refractivity contribution in [2.75, 3.05) is 7.11 Å². The highest BCUT2D eigenvalue weighted by Gasteiger charge is 2.28. The summed E-state index contributed by atoms with van der Waals surface area (Å²) in [5, 5.41) is 4.24. The predicted octanol–water partition coefficient (Wildman–Crippen LogP) is 4.83. The normalized spacial score (nSPS) is 14.5. The van der Waals surface area contributed by atoms with Crippen molar-refractivity contribution in [1.82, 2.24) is 10.2 Å². The molecule has 1 aromatic heterocycles. The molecule has 0 saturated heterocycles. The molecule has 0 radical (unpaired) electrons. The summed E-state index contributed by atoms with van der Waals surface area (Å²) in [5.74, 6) is 1.74. The number of hydrogen-bond donors (Lipinski definition) is 1. The van der Waals surface area contributed by atoms with Crippen molar-refractivity contribution >= 4 is 17.3 Å². The van der Waals surface area contributed by atoms with E-state index in [-0.39, 0.29) is 6.04 Å². The highest BCUT2D eigenvalue weighted by molar-refractivity contribution is 7.80. The van der Waals surface area contributed by atoms with Gasteiger partial charge in [-0.1, -0.05) is 17.7 Å². The maximum Gasteiger partial charge on any atom is 0.170 e. The average molecular weight is 371 g/mol. The van der Waals surface area contributed by atoms with Crippen molar-refractivity contribution in [2.45, 2.75) is 44.8 Å². The first-order chi connectivity index (χ1) is 12.6. The molecule has 1 heterocycles. The van der Waals surface area contributed by atoms with Crippen LogP contribution in [0, 0.1) is 0 Å². The quantitative estimate of drug-likeness (QED) is 0.532. The fourth-order valence-electron chi connectivity index (χ4n) is 2.94. The van der Waals surface area contributed by atoms with Crippen molar-refractivity contribution in [3.05, 3.63) is 66.1 Å². The van der Waals surface area contributed by atoms with Crippen LogP contribution in [0.5, 0.6) is 5.75 Å². The number of hydrogen-bond acceptors (Lipinski definition) is 3. The Morgan fingerprint density at radius 3 is 2.62 bits per heavy atom. The molecule has 1 aromatic carbocycles. The summed E-state index contributed by atoms with van der Waals surface area (Å²) in [6, 6.07) is 12.7. The molecule has 1 aliphatic rings. The van der Waals surface area contributed by atoms with Gasteiger partial charge in [0.15, 0.2) is 5.11 Å². The first kappa shape index (κ1) is 18.5. The Kier molecular flexibility index (Phi) is 5.99. The van der Waals surface area contributed by atoms with E-state index in [0.29, 0.717) is 12.6 Å². The molecule has 138 valence electrons. The van der Waals surface area contributed by atoms with Crippen LogP contribution in [0.3, 0.4) is 0 Å². The molecule has 3 rings (SSSR count). The van der Waals surface area contributed by atoms with Crippen LogP contribution in [0.25, 0.3) is 0 Å². The van der Waals surface area contributed by atoms with Crippen molar-refractivity contribution < 1.29 is 9.15 Å². The van der Waals surface area contributed by atoms with Crippen molar-refractivity contribution in [2.24, 2.45) is 0 Å². The lowest BCUT2D eigenvalue weighted by Gasteiger charge is -2.34. The van der Waals surface area contributed by atoms with Gasteiger partial charge in [-0.05, 0) is 68.2 Å². The minimum atomic E-state index is 0.0854. The minimum absolute atomic E-state index is 0.0854. The van der Waals surface area contributed by atoms with Crippen molar-refractivity contribution in [1.29, 1.82) is 0 Å². The molecular weight excluding hydrogens is 344 g/mol. The largest absolute Gasteiger partial charge is 0.497 e. The number of thiocarbonyl (C=S) groups is 1. The zero-order valence-electron chi connectivity index (χ0n) is 15.4. The van der Waals surface area contributed by atoms with E-state index in [1.54, 1.807) is 13.4 Å². The number of rotatable bonds is 8. The van der Waals surface area contributed by atoms with Gasteiger partial charge in [-0.15, -0.1) is 6.58 Å². The Hall–Kier alpha value is -2.27. The first-order valence-corrected chi connectivity index (χ1v) is 9.35. The van der Waals surface area contributed by atoms with Gasteiger partial charge >= 0.3 is 0 Å². The molecule has 1 saturated carbocycles. The second-order valence-corrected chi connectivity index (χ2v) is 7.27. The molecule has 4 nitrogen and oxygen atoms in total. The van der Waals surface area contributed by atoms with Crippen LogP contribution in [0.2, 0.25) is 0 Å². The van der Waals surface area contributed by atoms with E-state index in [2.05, 4.69) is 35.9 Å². The summed E-state index contributed by atoms with van der Waals surface area (Å²) in [6.07, 6.45) is 4.89. The van der Waals surface area contributed by atoms with Gasteiger partial charge in [-0.3, -0.25) is 0 Å². The number of nitrogens with zero attached hydrogens (tertiary/aromatic N) is 1. The van der Waals surface area contributed by atoms with Crippen LogP contribution in [-0.4, -0.2) is 23.2 Å². The fraction of sp³-hybridized carbons (Fsp3) is 0.381. The van der Waals surface area contributed by atoms with E-state index in [1.807, 2.05) is 24.3 Å². The maximum absolute atomic E-state index is 5.76. The van der Waals surface area contributed by atoms with Crippen LogP contribution >= 0.6 is 12.2 Å². The fourth-order valence-corrected chi connectivity index (χ4v) is 3.30. The molecule has 0 unspecified atom stereocenters. The van der Waals surface area contributed by atoms with Gasteiger partial charge < -0.3 is 19.4 Å². The lowest BCUT2D eigenvalue weighted by molar-refractivity contribution is 0.277. The van der Waals surface area contributed by atoms with Crippen molar-refractivity contribution in [3.63, 3.8) is 0 Å². The smallest absolute Gasteiger partial charge is 0.170 e. The van der Waals surface area contributed by atoms with Gasteiger partial charge in [0.1, 0.15) is 11.5 Å². The SMILES string of the molecule is C=C(C)C[C@H](c1ccc(OC)cc1)N(Cc1ccco1)C(=S)NC1CC1. The van der Waals surface area contributed by atoms with Gasteiger partial charge in [-0.2, -0.15) is 0 Å². The van der Waals surface area contributed by atoms with Crippen LogP contribution < -0.4 is 10.1 Å². The Labute approximate surface area is 160 Å². The predicted molar refractivity (Wildman–Crippen MR) is 108 cm³/mol. The molecule has 1 fully saturated rings. The summed E-state index contributed by atoms with van der Waals surface area (Å²) < 4.78 is 10.9. The molecule has 5 heteroatoms. The Bertz CT molecular complexity index is 736. The lowest BCUT2D eigenvalue weighted by Crippen LogP contribution is -2.42. The summed E-state index contributed by atoms with van der Waals surface area (Å²) in [7, 11) is 1.68. The average Bonchev–Trinajstić information content (AvgIpc) is 3.29. The molecule has 1 N–H and O–H groups in total. The van der Waals surface area contributed by atoms with Gasteiger partial charge in [0.05, 0.1) is 26.0 Å². The van der Waals surface area contributed by atoms with Gasteiger partial charge in [0.2, 0.25) is 0 Å². The Morgan fingerprint density at radius 1 is 1.35 bits per heavy atom. The standard InChI is InChI=1S/C21H26N2O2S/c1-15(2)13-20(16-6-10-18(24-3)11-7-16)23(14-19-5-4-12-25-19)21(26)22-17-8-9-17/h4-7,10-12,17,20H,1,8-9,13-14H2,2-3H3,(H,22,26)/t20-/m1/s1. The van der Waals surface area contributed by atoms with Gasteiger partial charge in [0.25, 0.3) is 0 Å². The van der Waals surface area contributed by atoms with Crippen molar-refractivity contribution in [3.8, 4) is 5.75 Å². The van der Waals surface area contributed by atoms with Crippen LogP contribution in [0.4, 0.5) is 0 Å². The highest BCUT2D eigenvalue weighted by atomic mass is 32.1. The monoisotopic (exact) mass is 370 g/mol. The van der Waals surface area contributed by atoms with E-state index in [1.165, 1.54) is 18.4 Å². The zero-order valence-corrected chi connectivity index (χ0v) is 16.2. The summed E-state index contributed by atoms with van der Waals surface area (Å²) >= 11 is 5.76. The molecule has 1 atom stereocenters. The summed E-state index contributed by atoms with van der Waals surface area (Å²) in [4.78, 5) is 2.21. The van der Waals surface area contributed by atoms with E-state index in [0.717, 1.165) is 28.6 Å². The summed E-state index contributed by atoms with van der Waals surface area (Å²) in [6.45, 7) is 6.80. The molecule has 0 aliphatic heterocycles. The number of nitrogens with one attached hydrogen (secondary N) is 1. The van der Waals surface area contributed by atoms with Gasteiger partial charge in [0, 0.05) is 6.04 Å². The van der Waals surface area contributed by atoms with E-state index < -0.39 is 0 Å². The number of benzene rings is 1. The molecule has 0 amide bonds. The maximum atomic E-state index is 5.76. The molecular formula is C21H26N2O2S. The van der Waals surface area contributed by atoms with E-state index in [4.69, 9.17) is 21.4 Å². The number of ether oxygens (including phenoxy) is 1. The first-order valence-electron chi connectivity index (χ1n) is 8.94. The molecule has 26 heavy (non-hydrogen) atoms. The summed E-state index contributed by atoms with van der Waals surface area (Å²) in [5.41, 5.74) is 2.30. The zero-order chi connectivity index (χ0) is 18.5. The second kappa shape index (κ2) is 8.41. The second-order valence-electron chi connectivity index (χ2n) is 6.88. The third-order valence-electron chi connectivity index (χ3n) is 4.49. The lowest BCUT2D eigenvalue weighted by atomic mass is 9.98. The third-order valence-corrected chi connectivity index (χ3v) is 4.84.